The van der Waals surface area contributed by atoms with E-state index in [0.29, 0.717) is 6.04 Å². The normalized spacial score (nSPS) is 44.5. The van der Waals surface area contributed by atoms with Crippen LogP contribution >= 0.6 is 0 Å². The zero-order valence-electron chi connectivity index (χ0n) is 10.3. The maximum atomic E-state index is 11.7. The first-order valence-corrected chi connectivity index (χ1v) is 6.63. The van der Waals surface area contributed by atoms with Crippen molar-refractivity contribution in [2.45, 2.75) is 38.1 Å². The first-order valence-electron chi connectivity index (χ1n) is 6.63. The zero-order chi connectivity index (χ0) is 11.3. The number of nitrogens with one attached hydrogen (secondary N) is 1. The van der Waals surface area contributed by atoms with Crippen molar-refractivity contribution in [2.24, 2.45) is 23.7 Å². The summed E-state index contributed by atoms with van der Waals surface area (Å²) >= 11 is 0. The van der Waals surface area contributed by atoms with E-state index in [9.17, 15) is 4.79 Å². The molecule has 0 saturated heterocycles. The predicted octanol–water partition coefficient (Wildman–Crippen LogP) is 2.08. The van der Waals surface area contributed by atoms with Crippen LogP contribution in [0.5, 0.6) is 0 Å². The van der Waals surface area contributed by atoms with Gasteiger partial charge in [0.1, 0.15) is 0 Å². The summed E-state index contributed by atoms with van der Waals surface area (Å²) in [6.07, 6.45) is 6.89. The molecule has 0 aromatic heterocycles. The van der Waals surface area contributed by atoms with Gasteiger partial charge in [0.25, 0.3) is 0 Å². The number of amides is 2. The first kappa shape index (κ1) is 10.4. The maximum Gasteiger partial charge on any atom is 0.317 e. The standard InChI is InChI=1S/C13H22N2O/c1-15(2)13(16)14-12-4-3-10-9-5-8(6-9)7-11(10)12/h8-12H,3-7H2,1-2H3,(H,14,16). The maximum absolute atomic E-state index is 11.7. The van der Waals surface area contributed by atoms with Gasteiger partial charge < -0.3 is 10.2 Å². The third-order valence-electron chi connectivity index (χ3n) is 5.08. The monoisotopic (exact) mass is 222 g/mol. The van der Waals surface area contributed by atoms with E-state index in [2.05, 4.69) is 5.32 Å². The lowest BCUT2D eigenvalue weighted by Crippen LogP contribution is -2.48. The van der Waals surface area contributed by atoms with Crippen molar-refractivity contribution in [3.05, 3.63) is 0 Å². The fourth-order valence-corrected chi connectivity index (χ4v) is 4.20. The zero-order valence-corrected chi connectivity index (χ0v) is 10.3. The molecule has 16 heavy (non-hydrogen) atoms. The van der Waals surface area contributed by atoms with Crippen molar-refractivity contribution in [3.63, 3.8) is 0 Å². The highest BCUT2D eigenvalue weighted by molar-refractivity contribution is 5.73. The van der Waals surface area contributed by atoms with Crippen molar-refractivity contribution in [3.8, 4) is 0 Å². The van der Waals surface area contributed by atoms with Gasteiger partial charge in [-0.2, -0.15) is 0 Å². The van der Waals surface area contributed by atoms with E-state index in [1.165, 1.54) is 32.1 Å². The second-order valence-corrected chi connectivity index (χ2v) is 6.19. The second kappa shape index (κ2) is 3.64. The molecule has 4 aliphatic carbocycles. The highest BCUT2D eigenvalue weighted by atomic mass is 16.2. The van der Waals surface area contributed by atoms with Gasteiger partial charge in [-0.15, -0.1) is 0 Å². The Morgan fingerprint density at radius 3 is 2.56 bits per heavy atom. The van der Waals surface area contributed by atoms with Gasteiger partial charge in [0, 0.05) is 20.1 Å². The first-order chi connectivity index (χ1) is 7.65. The SMILES string of the molecule is CN(C)C(=O)NC1CCC2C3CC(C3)CC12. The van der Waals surface area contributed by atoms with Crippen LogP contribution in [0.3, 0.4) is 0 Å². The van der Waals surface area contributed by atoms with Crippen molar-refractivity contribution in [2.75, 3.05) is 14.1 Å². The Kier molecular flexibility index (Phi) is 2.37. The van der Waals surface area contributed by atoms with Crippen LogP contribution in [0.15, 0.2) is 0 Å². The van der Waals surface area contributed by atoms with E-state index in [1.807, 2.05) is 14.1 Å². The lowest BCUT2D eigenvalue weighted by Gasteiger charge is -2.50. The largest absolute Gasteiger partial charge is 0.335 e. The average Bonchev–Trinajstić information content (AvgIpc) is 2.60. The van der Waals surface area contributed by atoms with Crippen LogP contribution in [-0.4, -0.2) is 31.1 Å². The topological polar surface area (TPSA) is 32.3 Å². The number of nitrogens with zero attached hydrogens (tertiary/aromatic N) is 1. The Balaban J connectivity index is 1.63. The highest BCUT2D eigenvalue weighted by Gasteiger charge is 2.51. The van der Waals surface area contributed by atoms with E-state index in [-0.39, 0.29) is 6.03 Å². The minimum Gasteiger partial charge on any atom is -0.335 e. The van der Waals surface area contributed by atoms with Gasteiger partial charge in [-0.1, -0.05) is 0 Å². The summed E-state index contributed by atoms with van der Waals surface area (Å²) in [5, 5.41) is 3.21. The van der Waals surface area contributed by atoms with Crippen LogP contribution in [0.4, 0.5) is 4.79 Å². The van der Waals surface area contributed by atoms with Crippen molar-refractivity contribution < 1.29 is 4.79 Å². The van der Waals surface area contributed by atoms with Crippen molar-refractivity contribution in [1.82, 2.24) is 10.2 Å². The molecule has 4 fully saturated rings. The number of urea groups is 1. The van der Waals surface area contributed by atoms with Gasteiger partial charge >= 0.3 is 6.03 Å². The highest BCUT2D eigenvalue weighted by Crippen LogP contribution is 2.57. The fourth-order valence-electron chi connectivity index (χ4n) is 4.20. The van der Waals surface area contributed by atoms with Crippen LogP contribution in [-0.2, 0) is 0 Å². The second-order valence-electron chi connectivity index (χ2n) is 6.19. The molecular weight excluding hydrogens is 200 g/mol. The molecule has 0 aliphatic heterocycles. The van der Waals surface area contributed by atoms with Crippen LogP contribution in [0, 0.1) is 23.7 Å². The lowest BCUT2D eigenvalue weighted by atomic mass is 9.56. The smallest absolute Gasteiger partial charge is 0.317 e. The van der Waals surface area contributed by atoms with Gasteiger partial charge in [-0.3, -0.25) is 0 Å². The Hall–Kier alpha value is -0.730. The van der Waals surface area contributed by atoms with Crippen LogP contribution in [0.2, 0.25) is 0 Å². The molecule has 3 nitrogen and oxygen atoms in total. The Labute approximate surface area is 97.6 Å². The van der Waals surface area contributed by atoms with E-state index < -0.39 is 0 Å². The summed E-state index contributed by atoms with van der Waals surface area (Å²) in [6, 6.07) is 0.551. The summed E-state index contributed by atoms with van der Waals surface area (Å²) in [6.45, 7) is 0. The van der Waals surface area contributed by atoms with Crippen LogP contribution in [0.1, 0.15) is 32.1 Å². The minimum absolute atomic E-state index is 0.0879. The summed E-state index contributed by atoms with van der Waals surface area (Å²) < 4.78 is 0. The molecule has 1 N–H and O–H groups in total. The van der Waals surface area contributed by atoms with E-state index in [1.54, 1.807) is 4.90 Å². The summed E-state index contributed by atoms with van der Waals surface area (Å²) in [5.41, 5.74) is 0. The van der Waals surface area contributed by atoms with E-state index >= 15 is 0 Å². The predicted molar refractivity (Wildman–Crippen MR) is 63.1 cm³/mol. The summed E-state index contributed by atoms with van der Waals surface area (Å²) in [7, 11) is 3.64. The number of carbonyl (C=O) groups excluding carboxylic acids is 1. The molecule has 3 atom stereocenters. The average molecular weight is 222 g/mol. The number of hydrogen-bond acceptors (Lipinski definition) is 1. The molecule has 0 spiro atoms. The molecule has 3 heteroatoms. The molecular formula is C13H22N2O. The molecule has 0 aromatic carbocycles. The Morgan fingerprint density at radius 2 is 1.88 bits per heavy atom. The minimum atomic E-state index is 0.0879. The molecule has 2 bridgehead atoms. The van der Waals surface area contributed by atoms with Gasteiger partial charge in [-0.25, -0.2) is 4.79 Å². The summed E-state index contributed by atoms with van der Waals surface area (Å²) in [4.78, 5) is 13.3. The quantitative estimate of drug-likeness (QED) is 0.724. The fraction of sp³-hybridized carbons (Fsp3) is 0.923. The Bertz CT molecular complexity index is 296. The van der Waals surface area contributed by atoms with Crippen molar-refractivity contribution >= 4 is 6.03 Å². The molecule has 4 rings (SSSR count). The van der Waals surface area contributed by atoms with Gasteiger partial charge in [0.15, 0.2) is 0 Å². The number of hydrogen-bond donors (Lipinski definition) is 1. The molecule has 90 valence electrons. The molecule has 4 aliphatic rings. The molecule has 0 aromatic rings. The molecule has 2 amide bonds. The van der Waals surface area contributed by atoms with E-state index in [0.717, 1.165) is 23.7 Å². The van der Waals surface area contributed by atoms with Gasteiger partial charge in [0.05, 0.1) is 0 Å². The molecule has 3 unspecified atom stereocenters. The summed E-state index contributed by atoms with van der Waals surface area (Å²) in [5.74, 6) is 3.71. The lowest BCUT2D eigenvalue weighted by molar-refractivity contribution is 0.00811. The molecule has 0 heterocycles. The van der Waals surface area contributed by atoms with Crippen molar-refractivity contribution in [1.29, 1.82) is 0 Å². The van der Waals surface area contributed by atoms with Gasteiger partial charge in [-0.05, 0) is 55.8 Å². The van der Waals surface area contributed by atoms with Crippen LogP contribution in [0.25, 0.3) is 0 Å². The molecule has 4 saturated carbocycles. The van der Waals surface area contributed by atoms with E-state index in [4.69, 9.17) is 0 Å². The number of rotatable bonds is 1. The number of carbonyl (C=O) groups is 1. The third kappa shape index (κ3) is 1.52. The van der Waals surface area contributed by atoms with Gasteiger partial charge in [0.2, 0.25) is 0 Å². The Morgan fingerprint density at radius 1 is 1.12 bits per heavy atom. The molecule has 0 radical (unpaired) electrons. The third-order valence-corrected chi connectivity index (χ3v) is 5.08. The van der Waals surface area contributed by atoms with Crippen LogP contribution < -0.4 is 5.32 Å².